The van der Waals surface area contributed by atoms with E-state index in [1.807, 2.05) is 38.3 Å². The summed E-state index contributed by atoms with van der Waals surface area (Å²) in [5.74, 6) is 0.556. The molecule has 0 amide bonds. The van der Waals surface area contributed by atoms with E-state index in [9.17, 15) is 4.79 Å². The lowest BCUT2D eigenvalue weighted by atomic mass is 10.3. The van der Waals surface area contributed by atoms with E-state index >= 15 is 0 Å². The predicted octanol–water partition coefficient (Wildman–Crippen LogP) is 2.61. The SMILES string of the molecule is Cc1nc(C)c(-n2[nH]c(-c3cccs3)cc2=O)nc1C. The largest absolute Gasteiger partial charge is 0.288 e. The van der Waals surface area contributed by atoms with Gasteiger partial charge in [0.1, 0.15) is 0 Å². The zero-order chi connectivity index (χ0) is 14.3. The van der Waals surface area contributed by atoms with Crippen LogP contribution in [0.5, 0.6) is 0 Å². The number of aromatic nitrogens is 4. The summed E-state index contributed by atoms with van der Waals surface area (Å²) in [4.78, 5) is 22.1. The van der Waals surface area contributed by atoms with Gasteiger partial charge in [-0.1, -0.05) is 6.07 Å². The van der Waals surface area contributed by atoms with Crippen molar-refractivity contribution < 1.29 is 0 Å². The molecule has 0 atom stereocenters. The standard InChI is InChI=1S/C14H14N4OS/c1-8-9(2)16-14(10(3)15-8)18-13(19)7-11(17-18)12-5-4-6-20-12/h4-7,17H,1-3H3. The Bertz CT molecular complexity index is 814. The monoisotopic (exact) mass is 286 g/mol. The number of nitrogens with zero attached hydrogens (tertiary/aromatic N) is 3. The van der Waals surface area contributed by atoms with Gasteiger partial charge < -0.3 is 0 Å². The fraction of sp³-hybridized carbons (Fsp3) is 0.214. The highest BCUT2D eigenvalue weighted by Crippen LogP contribution is 2.22. The fourth-order valence-corrected chi connectivity index (χ4v) is 2.72. The van der Waals surface area contributed by atoms with Gasteiger partial charge in [0.2, 0.25) is 0 Å². The van der Waals surface area contributed by atoms with Crippen LogP contribution in [0.4, 0.5) is 0 Å². The zero-order valence-corrected chi connectivity index (χ0v) is 12.3. The lowest BCUT2D eigenvalue weighted by molar-refractivity contribution is 0.789. The van der Waals surface area contributed by atoms with Crippen LogP contribution in [0.25, 0.3) is 16.4 Å². The van der Waals surface area contributed by atoms with E-state index in [0.717, 1.165) is 27.7 Å². The molecule has 5 nitrogen and oxygen atoms in total. The van der Waals surface area contributed by atoms with Crippen LogP contribution in [-0.2, 0) is 0 Å². The van der Waals surface area contributed by atoms with E-state index in [4.69, 9.17) is 0 Å². The van der Waals surface area contributed by atoms with Gasteiger partial charge >= 0.3 is 0 Å². The molecule has 3 aromatic rings. The second kappa shape index (κ2) is 4.72. The van der Waals surface area contributed by atoms with E-state index in [0.29, 0.717) is 5.82 Å². The molecule has 3 aromatic heterocycles. The van der Waals surface area contributed by atoms with Gasteiger partial charge in [0.15, 0.2) is 5.82 Å². The first-order valence-corrected chi connectivity index (χ1v) is 7.12. The molecule has 0 unspecified atom stereocenters. The van der Waals surface area contributed by atoms with Crippen molar-refractivity contribution >= 4 is 11.3 Å². The molecule has 0 aliphatic heterocycles. The minimum atomic E-state index is -0.131. The molecule has 0 aromatic carbocycles. The summed E-state index contributed by atoms with van der Waals surface area (Å²) in [7, 11) is 0. The molecule has 1 N–H and O–H groups in total. The molecule has 0 aliphatic carbocycles. The second-order valence-electron chi connectivity index (χ2n) is 4.62. The van der Waals surface area contributed by atoms with Crippen molar-refractivity contribution in [1.82, 2.24) is 19.7 Å². The van der Waals surface area contributed by atoms with Crippen molar-refractivity contribution in [3.63, 3.8) is 0 Å². The van der Waals surface area contributed by atoms with Crippen LogP contribution in [0.2, 0.25) is 0 Å². The molecule has 0 radical (unpaired) electrons. The van der Waals surface area contributed by atoms with Gasteiger partial charge in [-0.05, 0) is 32.2 Å². The van der Waals surface area contributed by atoms with Crippen molar-refractivity contribution in [2.45, 2.75) is 20.8 Å². The van der Waals surface area contributed by atoms with Gasteiger partial charge in [0, 0.05) is 6.07 Å². The fourth-order valence-electron chi connectivity index (χ4n) is 2.03. The summed E-state index contributed by atoms with van der Waals surface area (Å²) in [5, 5.41) is 5.08. The molecule has 0 fully saturated rings. The topological polar surface area (TPSA) is 63.6 Å². The Labute approximate surface area is 119 Å². The van der Waals surface area contributed by atoms with E-state index in [2.05, 4.69) is 15.1 Å². The third kappa shape index (κ3) is 2.08. The number of rotatable bonds is 2. The Kier molecular flexibility index (Phi) is 3.02. The maximum absolute atomic E-state index is 12.2. The van der Waals surface area contributed by atoms with Crippen LogP contribution in [0, 0.1) is 20.8 Å². The number of H-pyrrole nitrogens is 1. The van der Waals surface area contributed by atoms with Crippen LogP contribution < -0.4 is 5.56 Å². The number of aromatic amines is 1. The molecule has 0 spiro atoms. The summed E-state index contributed by atoms with van der Waals surface area (Å²) >= 11 is 1.58. The highest BCUT2D eigenvalue weighted by Gasteiger charge is 2.12. The molecule has 0 aliphatic rings. The van der Waals surface area contributed by atoms with E-state index in [-0.39, 0.29) is 5.56 Å². The van der Waals surface area contributed by atoms with Crippen molar-refractivity contribution in [3.05, 3.63) is 51.0 Å². The van der Waals surface area contributed by atoms with Crippen molar-refractivity contribution in [2.75, 3.05) is 0 Å². The molecule has 3 heterocycles. The Balaban J connectivity index is 2.16. The second-order valence-corrected chi connectivity index (χ2v) is 5.57. The molecule has 6 heteroatoms. The lowest BCUT2D eigenvalue weighted by Crippen LogP contribution is -2.18. The molecular weight excluding hydrogens is 272 g/mol. The Morgan fingerprint density at radius 2 is 1.90 bits per heavy atom. The van der Waals surface area contributed by atoms with E-state index < -0.39 is 0 Å². The van der Waals surface area contributed by atoms with Crippen LogP contribution in [-0.4, -0.2) is 19.7 Å². The normalized spacial score (nSPS) is 10.9. The van der Waals surface area contributed by atoms with Gasteiger partial charge in [0.05, 0.1) is 27.7 Å². The maximum Gasteiger partial charge on any atom is 0.273 e. The van der Waals surface area contributed by atoms with Crippen LogP contribution >= 0.6 is 11.3 Å². The molecule has 102 valence electrons. The molecule has 3 rings (SSSR count). The average Bonchev–Trinajstić information content (AvgIpc) is 3.03. The van der Waals surface area contributed by atoms with Gasteiger partial charge in [-0.25, -0.2) is 4.98 Å². The lowest BCUT2D eigenvalue weighted by Gasteiger charge is -2.07. The van der Waals surface area contributed by atoms with Crippen molar-refractivity contribution in [3.8, 4) is 16.4 Å². The quantitative estimate of drug-likeness (QED) is 0.787. The molecule has 20 heavy (non-hydrogen) atoms. The van der Waals surface area contributed by atoms with Crippen LogP contribution in [0.15, 0.2) is 28.4 Å². The summed E-state index contributed by atoms with van der Waals surface area (Å²) in [5.41, 5.74) is 3.10. The molecule has 0 saturated carbocycles. The Morgan fingerprint density at radius 3 is 2.60 bits per heavy atom. The van der Waals surface area contributed by atoms with Crippen molar-refractivity contribution in [2.24, 2.45) is 0 Å². The zero-order valence-electron chi connectivity index (χ0n) is 11.5. The number of nitrogens with one attached hydrogen (secondary N) is 1. The van der Waals surface area contributed by atoms with Gasteiger partial charge in [-0.15, -0.1) is 11.3 Å². The molecule has 0 bridgehead atoms. The summed E-state index contributed by atoms with van der Waals surface area (Å²) in [6.07, 6.45) is 0. The number of hydrogen-bond acceptors (Lipinski definition) is 4. The Morgan fingerprint density at radius 1 is 1.15 bits per heavy atom. The smallest absolute Gasteiger partial charge is 0.273 e. The minimum absolute atomic E-state index is 0.131. The van der Waals surface area contributed by atoms with Crippen LogP contribution in [0.3, 0.4) is 0 Å². The highest BCUT2D eigenvalue weighted by molar-refractivity contribution is 7.13. The summed E-state index contributed by atoms with van der Waals surface area (Å²) < 4.78 is 1.45. The van der Waals surface area contributed by atoms with Crippen molar-refractivity contribution in [1.29, 1.82) is 0 Å². The first-order chi connectivity index (χ1) is 9.56. The third-order valence-electron chi connectivity index (χ3n) is 3.18. The summed E-state index contributed by atoms with van der Waals surface area (Å²) in [6, 6.07) is 5.51. The van der Waals surface area contributed by atoms with Gasteiger partial charge in [-0.3, -0.25) is 14.9 Å². The average molecular weight is 286 g/mol. The van der Waals surface area contributed by atoms with Gasteiger partial charge in [0.25, 0.3) is 5.56 Å². The molecular formula is C14H14N4OS. The predicted molar refractivity (Wildman–Crippen MR) is 79.5 cm³/mol. The van der Waals surface area contributed by atoms with Crippen LogP contribution in [0.1, 0.15) is 17.1 Å². The minimum Gasteiger partial charge on any atom is -0.288 e. The van der Waals surface area contributed by atoms with E-state index in [1.54, 1.807) is 17.4 Å². The summed E-state index contributed by atoms with van der Waals surface area (Å²) in [6.45, 7) is 5.65. The Hall–Kier alpha value is -2.21. The number of hydrogen-bond donors (Lipinski definition) is 1. The third-order valence-corrected chi connectivity index (χ3v) is 4.08. The molecule has 0 saturated heterocycles. The van der Waals surface area contributed by atoms with Gasteiger partial charge in [-0.2, -0.15) is 4.68 Å². The number of aryl methyl sites for hydroxylation is 3. The highest BCUT2D eigenvalue weighted by atomic mass is 32.1. The van der Waals surface area contributed by atoms with E-state index in [1.165, 1.54) is 4.68 Å². The maximum atomic E-state index is 12.2. The number of thiophene rings is 1. The first kappa shape index (κ1) is 12.8. The first-order valence-electron chi connectivity index (χ1n) is 6.24.